The molecule has 0 bridgehead atoms. The summed E-state index contributed by atoms with van der Waals surface area (Å²) in [6, 6.07) is 10.2. The number of rotatable bonds is 1. The van der Waals surface area contributed by atoms with Crippen molar-refractivity contribution in [3.05, 3.63) is 35.9 Å². The summed E-state index contributed by atoms with van der Waals surface area (Å²) >= 11 is 0. The molecule has 0 spiro atoms. The van der Waals surface area contributed by atoms with Crippen LogP contribution in [0, 0.1) is 0 Å². The number of likely N-dealkylation sites (tertiary alicyclic amines) is 1. The van der Waals surface area contributed by atoms with Gasteiger partial charge < -0.3 is 15.4 Å². The van der Waals surface area contributed by atoms with Crippen LogP contribution in [0.3, 0.4) is 0 Å². The Bertz CT molecular complexity index is 453. The summed E-state index contributed by atoms with van der Waals surface area (Å²) in [7, 11) is 0. The van der Waals surface area contributed by atoms with E-state index in [1.54, 1.807) is 4.90 Å². The van der Waals surface area contributed by atoms with Crippen molar-refractivity contribution in [2.75, 3.05) is 13.1 Å². The van der Waals surface area contributed by atoms with Gasteiger partial charge in [0, 0.05) is 25.0 Å². The van der Waals surface area contributed by atoms with Gasteiger partial charge in [-0.15, -0.1) is 0 Å². The third-order valence-corrected chi connectivity index (χ3v) is 3.54. The van der Waals surface area contributed by atoms with Gasteiger partial charge in [-0.25, -0.2) is 4.79 Å². The Hall–Kier alpha value is -1.55. The van der Waals surface area contributed by atoms with Crippen LogP contribution in [0.5, 0.6) is 0 Å². The fourth-order valence-electron chi connectivity index (χ4n) is 2.59. The van der Waals surface area contributed by atoms with E-state index >= 15 is 0 Å². The number of hydrogen-bond donors (Lipinski definition) is 1. The second-order valence-corrected chi connectivity index (χ2v) is 6.40. The van der Waals surface area contributed by atoms with Gasteiger partial charge in [0.25, 0.3) is 0 Å². The molecule has 0 radical (unpaired) electrons. The maximum absolute atomic E-state index is 12.1. The van der Waals surface area contributed by atoms with Gasteiger partial charge in [-0.1, -0.05) is 30.3 Å². The average Bonchev–Trinajstić information content (AvgIpc) is 2.37. The first-order valence-corrected chi connectivity index (χ1v) is 7.15. The monoisotopic (exact) mass is 276 g/mol. The summed E-state index contributed by atoms with van der Waals surface area (Å²) in [6.07, 6.45) is 0.615. The van der Waals surface area contributed by atoms with Gasteiger partial charge in [-0.05, 0) is 32.8 Å². The van der Waals surface area contributed by atoms with Gasteiger partial charge in [-0.3, -0.25) is 0 Å². The molecule has 1 aromatic rings. The normalized spacial score (nSPS) is 23.5. The Balaban J connectivity index is 1.97. The Morgan fingerprint density at radius 1 is 1.30 bits per heavy atom. The molecule has 1 fully saturated rings. The highest BCUT2D eigenvalue weighted by Crippen LogP contribution is 2.27. The van der Waals surface area contributed by atoms with E-state index in [0.717, 1.165) is 6.42 Å². The second-order valence-electron chi connectivity index (χ2n) is 6.40. The number of amides is 1. The maximum Gasteiger partial charge on any atom is 0.410 e. The van der Waals surface area contributed by atoms with E-state index in [0.29, 0.717) is 19.0 Å². The predicted octanol–water partition coefficient (Wildman–Crippen LogP) is 2.74. The van der Waals surface area contributed by atoms with Crippen LogP contribution in [0.4, 0.5) is 4.79 Å². The highest BCUT2D eigenvalue weighted by Gasteiger charge is 2.32. The number of nitrogens with two attached hydrogens (primary N) is 1. The quantitative estimate of drug-likeness (QED) is 0.858. The third-order valence-electron chi connectivity index (χ3n) is 3.54. The second kappa shape index (κ2) is 5.83. The van der Waals surface area contributed by atoms with E-state index < -0.39 is 5.60 Å². The Kier molecular flexibility index (Phi) is 4.33. The molecule has 1 saturated heterocycles. The molecule has 1 aliphatic rings. The number of nitrogens with zero attached hydrogens (tertiary/aromatic N) is 1. The number of carbonyl (C=O) groups excluding carboxylic acids is 1. The molecule has 4 nitrogen and oxygen atoms in total. The standard InChI is InChI=1S/C16H24N2O2/c1-16(2,3)20-15(19)18-10-9-13(14(17)11-18)12-7-5-4-6-8-12/h4-8,13-14H,9-11,17H2,1-3H3/t13?,14-/m0/s1. The summed E-state index contributed by atoms with van der Waals surface area (Å²) in [5.41, 5.74) is 7.05. The van der Waals surface area contributed by atoms with Crippen LogP contribution in [-0.4, -0.2) is 35.7 Å². The minimum atomic E-state index is -0.461. The fraction of sp³-hybridized carbons (Fsp3) is 0.562. The molecule has 0 aliphatic carbocycles. The van der Waals surface area contributed by atoms with Crippen molar-refractivity contribution in [2.24, 2.45) is 5.73 Å². The van der Waals surface area contributed by atoms with E-state index in [-0.39, 0.29) is 12.1 Å². The molecule has 110 valence electrons. The molecule has 4 heteroatoms. The summed E-state index contributed by atoms with van der Waals surface area (Å²) in [4.78, 5) is 13.8. The Labute approximate surface area is 120 Å². The van der Waals surface area contributed by atoms with Crippen LogP contribution in [0.25, 0.3) is 0 Å². The molecule has 1 aromatic carbocycles. The number of ether oxygens (including phenoxy) is 1. The molecule has 1 unspecified atom stereocenters. The zero-order valence-electron chi connectivity index (χ0n) is 12.5. The highest BCUT2D eigenvalue weighted by molar-refractivity contribution is 5.68. The van der Waals surface area contributed by atoms with E-state index in [1.807, 2.05) is 39.0 Å². The molecule has 0 saturated carbocycles. The number of benzene rings is 1. The largest absolute Gasteiger partial charge is 0.444 e. The summed E-state index contributed by atoms with van der Waals surface area (Å²) in [6.45, 7) is 6.88. The lowest BCUT2D eigenvalue weighted by Gasteiger charge is -2.37. The zero-order valence-corrected chi connectivity index (χ0v) is 12.5. The summed E-state index contributed by atoms with van der Waals surface area (Å²) in [5.74, 6) is 0.315. The van der Waals surface area contributed by atoms with Crippen molar-refractivity contribution >= 4 is 6.09 Å². The molecule has 2 rings (SSSR count). The van der Waals surface area contributed by atoms with Gasteiger partial charge in [0.2, 0.25) is 0 Å². The predicted molar refractivity (Wildman–Crippen MR) is 79.6 cm³/mol. The van der Waals surface area contributed by atoms with Gasteiger partial charge in [0.15, 0.2) is 0 Å². The van der Waals surface area contributed by atoms with Crippen LogP contribution >= 0.6 is 0 Å². The van der Waals surface area contributed by atoms with Crippen molar-refractivity contribution in [2.45, 2.75) is 44.8 Å². The molecule has 20 heavy (non-hydrogen) atoms. The molecule has 1 aliphatic heterocycles. The maximum atomic E-state index is 12.1. The molecular weight excluding hydrogens is 252 g/mol. The first-order valence-electron chi connectivity index (χ1n) is 7.15. The average molecular weight is 276 g/mol. The van der Waals surface area contributed by atoms with E-state index in [2.05, 4.69) is 12.1 Å². The van der Waals surface area contributed by atoms with Crippen LogP contribution in [0.1, 0.15) is 38.7 Å². The first-order chi connectivity index (χ1) is 9.37. The zero-order chi connectivity index (χ0) is 14.8. The minimum Gasteiger partial charge on any atom is -0.444 e. The molecular formula is C16H24N2O2. The first kappa shape index (κ1) is 14.9. The van der Waals surface area contributed by atoms with Crippen LogP contribution in [0.2, 0.25) is 0 Å². The van der Waals surface area contributed by atoms with Crippen molar-refractivity contribution in [3.8, 4) is 0 Å². The number of piperidine rings is 1. The SMILES string of the molecule is CC(C)(C)OC(=O)N1CCC(c2ccccc2)[C@@H](N)C1. The summed E-state index contributed by atoms with van der Waals surface area (Å²) in [5, 5.41) is 0. The van der Waals surface area contributed by atoms with Crippen molar-refractivity contribution in [1.29, 1.82) is 0 Å². The van der Waals surface area contributed by atoms with Gasteiger partial charge in [0.1, 0.15) is 5.60 Å². The number of hydrogen-bond acceptors (Lipinski definition) is 3. The van der Waals surface area contributed by atoms with E-state index in [1.165, 1.54) is 5.56 Å². The third kappa shape index (κ3) is 3.73. The molecule has 2 N–H and O–H groups in total. The fourth-order valence-corrected chi connectivity index (χ4v) is 2.59. The van der Waals surface area contributed by atoms with E-state index in [9.17, 15) is 4.79 Å². The van der Waals surface area contributed by atoms with Gasteiger partial charge >= 0.3 is 6.09 Å². The lowest BCUT2D eigenvalue weighted by molar-refractivity contribution is 0.0186. The topological polar surface area (TPSA) is 55.6 Å². The van der Waals surface area contributed by atoms with Gasteiger partial charge in [-0.2, -0.15) is 0 Å². The van der Waals surface area contributed by atoms with Crippen molar-refractivity contribution < 1.29 is 9.53 Å². The smallest absolute Gasteiger partial charge is 0.410 e. The summed E-state index contributed by atoms with van der Waals surface area (Å²) < 4.78 is 5.40. The highest BCUT2D eigenvalue weighted by atomic mass is 16.6. The van der Waals surface area contributed by atoms with Crippen LogP contribution in [-0.2, 0) is 4.74 Å². The lowest BCUT2D eigenvalue weighted by Crippen LogP contribution is -2.50. The molecule has 2 atom stereocenters. The van der Waals surface area contributed by atoms with E-state index in [4.69, 9.17) is 10.5 Å². The number of carbonyl (C=O) groups is 1. The molecule has 1 amide bonds. The molecule has 0 aromatic heterocycles. The lowest BCUT2D eigenvalue weighted by atomic mass is 9.86. The Morgan fingerprint density at radius 2 is 1.95 bits per heavy atom. The molecule has 1 heterocycles. The van der Waals surface area contributed by atoms with Crippen LogP contribution < -0.4 is 5.73 Å². The van der Waals surface area contributed by atoms with Crippen molar-refractivity contribution in [1.82, 2.24) is 4.90 Å². The van der Waals surface area contributed by atoms with Crippen LogP contribution in [0.15, 0.2) is 30.3 Å². The minimum absolute atomic E-state index is 0.0429. The Morgan fingerprint density at radius 3 is 2.50 bits per heavy atom. The van der Waals surface area contributed by atoms with Crippen molar-refractivity contribution in [3.63, 3.8) is 0 Å². The van der Waals surface area contributed by atoms with Gasteiger partial charge in [0.05, 0.1) is 0 Å².